The first-order valence-electron chi connectivity index (χ1n) is 8.68. The molecular weight excluding hydrogens is 330 g/mol. The van der Waals surface area contributed by atoms with E-state index in [4.69, 9.17) is 4.74 Å². The number of hydrogen-bond donors (Lipinski definition) is 2. The molecule has 1 aliphatic heterocycles. The molecule has 0 atom stereocenters. The molecule has 3 rings (SSSR count). The van der Waals surface area contributed by atoms with Gasteiger partial charge in [-0.25, -0.2) is 4.79 Å². The summed E-state index contributed by atoms with van der Waals surface area (Å²) in [4.78, 5) is 25.4. The standard InChI is InChI=1S/C20H23N3O3/c1-14-11-15(2)13-18(12-14)26-10-7-19(24)22-16-3-5-17(6-4-16)23-9-8-21-20(23)25/h3-6,11-13H,7-10H2,1-2H3,(H,21,25)(H,22,24). The van der Waals surface area contributed by atoms with Gasteiger partial charge in [-0.3, -0.25) is 9.69 Å². The molecule has 3 amide bonds. The first-order chi connectivity index (χ1) is 12.5. The third-order valence-electron chi connectivity index (χ3n) is 4.11. The average Bonchev–Trinajstić information content (AvgIpc) is 3.01. The minimum atomic E-state index is -0.110. The molecule has 0 bridgehead atoms. The van der Waals surface area contributed by atoms with Crippen molar-refractivity contribution < 1.29 is 14.3 Å². The molecule has 136 valence electrons. The Balaban J connectivity index is 1.48. The Morgan fingerprint density at radius 3 is 2.46 bits per heavy atom. The van der Waals surface area contributed by atoms with Crippen molar-refractivity contribution >= 4 is 23.3 Å². The molecule has 2 aromatic carbocycles. The molecule has 0 radical (unpaired) electrons. The highest BCUT2D eigenvalue weighted by Gasteiger charge is 2.20. The monoisotopic (exact) mass is 353 g/mol. The predicted octanol–water partition coefficient (Wildman–Crippen LogP) is 3.24. The van der Waals surface area contributed by atoms with Crippen molar-refractivity contribution in [3.63, 3.8) is 0 Å². The molecule has 0 aliphatic carbocycles. The summed E-state index contributed by atoms with van der Waals surface area (Å²) < 4.78 is 5.66. The lowest BCUT2D eigenvalue weighted by molar-refractivity contribution is -0.116. The second-order valence-electron chi connectivity index (χ2n) is 6.40. The number of anilines is 2. The molecule has 1 aliphatic rings. The quantitative estimate of drug-likeness (QED) is 0.837. The van der Waals surface area contributed by atoms with Crippen LogP contribution in [0.3, 0.4) is 0 Å². The summed E-state index contributed by atoms with van der Waals surface area (Å²) in [5.41, 5.74) is 3.79. The molecule has 26 heavy (non-hydrogen) atoms. The summed E-state index contributed by atoms with van der Waals surface area (Å²) in [5.74, 6) is 0.671. The minimum Gasteiger partial charge on any atom is -0.493 e. The van der Waals surface area contributed by atoms with E-state index < -0.39 is 0 Å². The number of urea groups is 1. The van der Waals surface area contributed by atoms with Gasteiger partial charge < -0.3 is 15.4 Å². The number of rotatable bonds is 6. The molecule has 0 aromatic heterocycles. The van der Waals surface area contributed by atoms with Crippen LogP contribution < -0.4 is 20.3 Å². The summed E-state index contributed by atoms with van der Waals surface area (Å²) in [6.07, 6.45) is 0.267. The summed E-state index contributed by atoms with van der Waals surface area (Å²) in [7, 11) is 0. The van der Waals surface area contributed by atoms with E-state index in [0.29, 0.717) is 25.4 Å². The largest absolute Gasteiger partial charge is 0.493 e. The van der Waals surface area contributed by atoms with Gasteiger partial charge in [-0.15, -0.1) is 0 Å². The first-order valence-corrected chi connectivity index (χ1v) is 8.68. The number of amides is 3. The van der Waals surface area contributed by atoms with Crippen molar-refractivity contribution in [3.05, 3.63) is 53.6 Å². The van der Waals surface area contributed by atoms with E-state index in [9.17, 15) is 9.59 Å². The lowest BCUT2D eigenvalue weighted by Gasteiger charge is -2.14. The van der Waals surface area contributed by atoms with E-state index in [2.05, 4.69) is 16.7 Å². The van der Waals surface area contributed by atoms with E-state index >= 15 is 0 Å². The number of ether oxygens (including phenoxy) is 1. The van der Waals surface area contributed by atoms with Crippen LogP contribution in [0.15, 0.2) is 42.5 Å². The number of nitrogens with zero attached hydrogens (tertiary/aromatic N) is 1. The Labute approximate surface area is 153 Å². The van der Waals surface area contributed by atoms with Gasteiger partial charge in [0.2, 0.25) is 5.91 Å². The Kier molecular flexibility index (Phi) is 5.41. The smallest absolute Gasteiger partial charge is 0.321 e. The van der Waals surface area contributed by atoms with Gasteiger partial charge in [0.1, 0.15) is 5.75 Å². The van der Waals surface area contributed by atoms with Crippen LogP contribution in [0.5, 0.6) is 5.75 Å². The topological polar surface area (TPSA) is 70.7 Å². The van der Waals surface area contributed by atoms with Gasteiger partial charge in [-0.1, -0.05) is 6.07 Å². The Hall–Kier alpha value is -3.02. The lowest BCUT2D eigenvalue weighted by atomic mass is 10.1. The van der Waals surface area contributed by atoms with Crippen molar-refractivity contribution in [2.45, 2.75) is 20.3 Å². The van der Waals surface area contributed by atoms with Crippen LogP contribution in [-0.4, -0.2) is 31.6 Å². The number of carbonyl (C=O) groups is 2. The Morgan fingerprint density at radius 2 is 1.85 bits per heavy atom. The molecule has 6 nitrogen and oxygen atoms in total. The van der Waals surface area contributed by atoms with E-state index in [1.165, 1.54) is 0 Å². The number of benzene rings is 2. The van der Waals surface area contributed by atoms with Gasteiger partial charge in [0.05, 0.1) is 13.0 Å². The molecule has 1 saturated heterocycles. The van der Waals surface area contributed by atoms with Crippen LogP contribution in [0.1, 0.15) is 17.5 Å². The first kappa shape index (κ1) is 17.8. The molecule has 2 aromatic rings. The third-order valence-corrected chi connectivity index (χ3v) is 4.11. The molecular formula is C20H23N3O3. The third kappa shape index (κ3) is 4.53. The van der Waals surface area contributed by atoms with Gasteiger partial charge in [0.25, 0.3) is 0 Å². The Bertz CT molecular complexity index is 782. The number of carbonyl (C=O) groups excluding carboxylic acids is 2. The van der Waals surface area contributed by atoms with Crippen LogP contribution in [0.4, 0.5) is 16.2 Å². The van der Waals surface area contributed by atoms with Gasteiger partial charge in [0.15, 0.2) is 0 Å². The highest BCUT2D eigenvalue weighted by Crippen LogP contribution is 2.20. The van der Waals surface area contributed by atoms with Crippen molar-refractivity contribution in [3.8, 4) is 5.75 Å². The van der Waals surface area contributed by atoms with E-state index in [0.717, 1.165) is 22.6 Å². The molecule has 2 N–H and O–H groups in total. The van der Waals surface area contributed by atoms with Gasteiger partial charge in [-0.2, -0.15) is 0 Å². The average molecular weight is 353 g/mol. The predicted molar refractivity (Wildman–Crippen MR) is 102 cm³/mol. The zero-order valence-corrected chi connectivity index (χ0v) is 15.0. The maximum Gasteiger partial charge on any atom is 0.321 e. The van der Waals surface area contributed by atoms with Crippen LogP contribution in [-0.2, 0) is 4.79 Å². The van der Waals surface area contributed by atoms with Crippen molar-refractivity contribution in [2.24, 2.45) is 0 Å². The van der Waals surface area contributed by atoms with Crippen LogP contribution in [0, 0.1) is 13.8 Å². The summed E-state index contributed by atoms with van der Waals surface area (Å²) >= 11 is 0. The maximum atomic E-state index is 12.1. The molecule has 1 heterocycles. The van der Waals surface area contributed by atoms with E-state index in [-0.39, 0.29) is 18.4 Å². The second kappa shape index (κ2) is 7.91. The lowest BCUT2D eigenvalue weighted by Crippen LogP contribution is -2.27. The zero-order valence-electron chi connectivity index (χ0n) is 15.0. The molecule has 6 heteroatoms. The highest BCUT2D eigenvalue weighted by molar-refractivity contribution is 5.95. The van der Waals surface area contributed by atoms with E-state index in [1.807, 2.05) is 38.1 Å². The molecule has 0 saturated carbocycles. The van der Waals surface area contributed by atoms with Crippen molar-refractivity contribution in [1.29, 1.82) is 0 Å². The van der Waals surface area contributed by atoms with Crippen LogP contribution in [0.2, 0.25) is 0 Å². The van der Waals surface area contributed by atoms with Gasteiger partial charge in [-0.05, 0) is 61.4 Å². The van der Waals surface area contributed by atoms with E-state index in [1.54, 1.807) is 17.0 Å². The van der Waals surface area contributed by atoms with Crippen molar-refractivity contribution in [1.82, 2.24) is 5.32 Å². The molecule has 0 spiro atoms. The number of aryl methyl sites for hydroxylation is 2. The number of nitrogens with one attached hydrogen (secondary N) is 2. The fourth-order valence-electron chi connectivity index (χ4n) is 2.94. The summed E-state index contributed by atoms with van der Waals surface area (Å²) in [5, 5.41) is 5.60. The van der Waals surface area contributed by atoms with Crippen LogP contribution in [0.25, 0.3) is 0 Å². The molecule has 0 unspecified atom stereocenters. The SMILES string of the molecule is Cc1cc(C)cc(OCCC(=O)Nc2ccc(N3CCNC3=O)cc2)c1. The Morgan fingerprint density at radius 1 is 1.15 bits per heavy atom. The summed E-state index contributed by atoms with van der Waals surface area (Å²) in [6.45, 7) is 5.66. The van der Waals surface area contributed by atoms with Crippen molar-refractivity contribution in [2.75, 3.05) is 29.9 Å². The fourth-order valence-corrected chi connectivity index (χ4v) is 2.94. The highest BCUT2D eigenvalue weighted by atomic mass is 16.5. The minimum absolute atomic E-state index is 0.0923. The number of hydrogen-bond acceptors (Lipinski definition) is 3. The normalized spacial score (nSPS) is 13.5. The van der Waals surface area contributed by atoms with Crippen LogP contribution >= 0.6 is 0 Å². The van der Waals surface area contributed by atoms with Gasteiger partial charge >= 0.3 is 6.03 Å². The molecule has 1 fully saturated rings. The van der Waals surface area contributed by atoms with Gasteiger partial charge in [0, 0.05) is 24.5 Å². The maximum absolute atomic E-state index is 12.1. The fraction of sp³-hybridized carbons (Fsp3) is 0.300. The zero-order chi connectivity index (χ0) is 18.5. The summed E-state index contributed by atoms with van der Waals surface area (Å²) in [6, 6.07) is 13.1. The second-order valence-corrected chi connectivity index (χ2v) is 6.40.